The molecule has 8 nitrogen and oxygen atoms in total. The van der Waals surface area contributed by atoms with Gasteiger partial charge in [-0.1, -0.05) is 46.3 Å². The molecule has 2 heterocycles. The lowest BCUT2D eigenvalue weighted by Gasteiger charge is -2.34. The first kappa shape index (κ1) is 25.8. The van der Waals surface area contributed by atoms with Crippen molar-refractivity contribution in [2.24, 2.45) is 0 Å². The number of ether oxygens (including phenoxy) is 2. The fourth-order valence-corrected chi connectivity index (χ4v) is 4.05. The molecule has 0 saturated carbocycles. The van der Waals surface area contributed by atoms with E-state index in [1.54, 1.807) is 35.4 Å². The molecule has 1 aromatic heterocycles. The number of benzene rings is 2. The van der Waals surface area contributed by atoms with Gasteiger partial charge in [0.15, 0.2) is 0 Å². The number of amides is 2. The number of nitrogens with zero attached hydrogens (tertiary/aromatic N) is 3. The van der Waals surface area contributed by atoms with Crippen LogP contribution in [-0.2, 0) is 16.1 Å². The summed E-state index contributed by atoms with van der Waals surface area (Å²) in [5.74, 6) is 0.0883. The van der Waals surface area contributed by atoms with Gasteiger partial charge in [0.05, 0.1) is 13.2 Å². The Morgan fingerprint density at radius 2 is 1.72 bits per heavy atom. The lowest BCUT2D eigenvalue weighted by Crippen LogP contribution is -2.55. The van der Waals surface area contributed by atoms with Crippen LogP contribution in [0.3, 0.4) is 0 Å². The first-order valence-electron chi connectivity index (χ1n) is 11.8. The number of halogens is 1. The van der Waals surface area contributed by atoms with E-state index in [2.05, 4.69) is 31.1 Å². The summed E-state index contributed by atoms with van der Waals surface area (Å²) in [4.78, 5) is 34.9. The minimum atomic E-state index is -0.842. The van der Waals surface area contributed by atoms with Gasteiger partial charge in [-0.2, -0.15) is 0 Å². The number of hydrogen-bond acceptors (Lipinski definition) is 6. The zero-order valence-electron chi connectivity index (χ0n) is 20.1. The van der Waals surface area contributed by atoms with Crippen LogP contribution >= 0.6 is 15.9 Å². The molecule has 2 amide bonds. The predicted molar refractivity (Wildman–Crippen MR) is 140 cm³/mol. The van der Waals surface area contributed by atoms with Crippen LogP contribution in [0.15, 0.2) is 77.4 Å². The summed E-state index contributed by atoms with van der Waals surface area (Å²) in [5, 5.41) is 2.87. The second-order valence-corrected chi connectivity index (χ2v) is 9.48. The first-order valence-corrected chi connectivity index (χ1v) is 12.6. The lowest BCUT2D eigenvalue weighted by molar-refractivity contribution is -0.136. The number of aromatic nitrogens is 1. The smallest absolute Gasteiger partial charge is 0.257 e. The zero-order chi connectivity index (χ0) is 25.3. The number of carbonyl (C=O) groups excluding carboxylic acids is 2. The number of nitrogens with one attached hydrogen (secondary N) is 1. The zero-order valence-corrected chi connectivity index (χ0v) is 21.7. The molecule has 1 N–H and O–H groups in total. The van der Waals surface area contributed by atoms with Gasteiger partial charge in [-0.15, -0.1) is 0 Å². The van der Waals surface area contributed by atoms with Gasteiger partial charge in [0.25, 0.3) is 5.91 Å². The Morgan fingerprint density at radius 1 is 1.00 bits per heavy atom. The summed E-state index contributed by atoms with van der Waals surface area (Å²) in [6.07, 6.45) is 1.56. The van der Waals surface area contributed by atoms with Crippen molar-refractivity contribution in [3.8, 4) is 11.6 Å². The summed E-state index contributed by atoms with van der Waals surface area (Å²) in [5.41, 5.74) is 1.23. The van der Waals surface area contributed by atoms with Crippen molar-refractivity contribution in [2.75, 3.05) is 39.8 Å². The van der Waals surface area contributed by atoms with Crippen molar-refractivity contribution >= 4 is 27.7 Å². The highest BCUT2D eigenvalue weighted by molar-refractivity contribution is 9.10. The highest BCUT2D eigenvalue weighted by Crippen LogP contribution is 2.24. The Bertz CT molecular complexity index is 1150. The quantitative estimate of drug-likeness (QED) is 0.435. The van der Waals surface area contributed by atoms with Gasteiger partial charge in [0.1, 0.15) is 17.4 Å². The van der Waals surface area contributed by atoms with Gasteiger partial charge < -0.3 is 24.6 Å². The van der Waals surface area contributed by atoms with Gasteiger partial charge in [-0.25, -0.2) is 4.98 Å². The molecule has 36 heavy (non-hydrogen) atoms. The summed E-state index contributed by atoms with van der Waals surface area (Å²) in [6.45, 7) is 3.16. The molecule has 4 rings (SSSR count). The number of rotatable bonds is 9. The largest absolute Gasteiger partial charge is 0.438 e. The highest BCUT2D eigenvalue weighted by Gasteiger charge is 2.29. The van der Waals surface area contributed by atoms with E-state index in [1.807, 2.05) is 49.5 Å². The van der Waals surface area contributed by atoms with Crippen LogP contribution < -0.4 is 10.1 Å². The molecule has 1 aliphatic rings. The first-order chi connectivity index (χ1) is 17.5. The average molecular weight is 553 g/mol. The Hall–Kier alpha value is -3.27. The van der Waals surface area contributed by atoms with E-state index >= 15 is 0 Å². The molecule has 0 bridgehead atoms. The van der Waals surface area contributed by atoms with Crippen LogP contribution in [0.1, 0.15) is 15.9 Å². The molecule has 1 atom stereocenters. The van der Waals surface area contributed by atoms with Crippen molar-refractivity contribution in [3.63, 3.8) is 0 Å². The Morgan fingerprint density at radius 3 is 2.44 bits per heavy atom. The summed E-state index contributed by atoms with van der Waals surface area (Å²) in [6, 6.07) is 19.4. The fraction of sp³-hybridized carbons (Fsp3) is 0.296. The molecule has 0 unspecified atom stereocenters. The SMILES string of the molecule is CN1CCN(C(=O)[C@@H](COCc2ccccc2)NC(=O)c2cccnc2Oc2ccc(Br)cc2)CC1. The standard InChI is InChI=1S/C27H29BrN4O4/c1-31-14-16-32(17-15-31)27(34)24(19-35-18-20-6-3-2-4-7-20)30-25(33)23-8-5-13-29-26(23)36-22-11-9-21(28)10-12-22/h2-13,24H,14-19H2,1H3,(H,30,33)/t24-/m1/s1. The molecule has 0 aliphatic carbocycles. The third-order valence-electron chi connectivity index (χ3n) is 5.86. The number of hydrogen-bond donors (Lipinski definition) is 1. The maximum Gasteiger partial charge on any atom is 0.257 e. The molecule has 1 fully saturated rings. The van der Waals surface area contributed by atoms with E-state index in [-0.39, 0.29) is 24.0 Å². The van der Waals surface area contributed by atoms with Crippen molar-refractivity contribution in [3.05, 3.63) is 88.5 Å². The van der Waals surface area contributed by atoms with Gasteiger partial charge >= 0.3 is 0 Å². The maximum absolute atomic E-state index is 13.4. The summed E-state index contributed by atoms with van der Waals surface area (Å²) < 4.78 is 12.6. The van der Waals surface area contributed by atoms with Crippen molar-refractivity contribution in [2.45, 2.75) is 12.6 Å². The molecule has 0 spiro atoms. The lowest BCUT2D eigenvalue weighted by atomic mass is 10.2. The molecule has 1 aliphatic heterocycles. The highest BCUT2D eigenvalue weighted by atomic mass is 79.9. The monoisotopic (exact) mass is 552 g/mol. The maximum atomic E-state index is 13.4. The van der Waals surface area contributed by atoms with E-state index in [1.165, 1.54) is 0 Å². The van der Waals surface area contributed by atoms with Crippen molar-refractivity contribution < 1.29 is 19.1 Å². The van der Waals surface area contributed by atoms with Gasteiger partial charge in [0.2, 0.25) is 11.8 Å². The van der Waals surface area contributed by atoms with E-state index in [0.29, 0.717) is 25.4 Å². The molecule has 188 valence electrons. The predicted octanol–water partition coefficient (Wildman–Crippen LogP) is 3.73. The Balaban J connectivity index is 1.48. The van der Waals surface area contributed by atoms with E-state index in [9.17, 15) is 9.59 Å². The molecular formula is C27H29BrN4O4. The van der Waals surface area contributed by atoms with Crippen LogP contribution in [0.5, 0.6) is 11.6 Å². The van der Waals surface area contributed by atoms with Crippen LogP contribution in [0.2, 0.25) is 0 Å². The van der Waals surface area contributed by atoms with Crippen LogP contribution in [-0.4, -0.2) is 72.5 Å². The van der Waals surface area contributed by atoms with E-state index < -0.39 is 11.9 Å². The molecule has 0 radical (unpaired) electrons. The summed E-state index contributed by atoms with van der Waals surface area (Å²) >= 11 is 3.39. The number of pyridine rings is 1. The normalized spacial score (nSPS) is 14.8. The second kappa shape index (κ2) is 12.6. The van der Waals surface area contributed by atoms with Crippen LogP contribution in [0.25, 0.3) is 0 Å². The van der Waals surface area contributed by atoms with Gasteiger partial charge in [-0.3, -0.25) is 9.59 Å². The molecular weight excluding hydrogens is 524 g/mol. The number of piperazine rings is 1. The number of carbonyl (C=O) groups is 2. The fourth-order valence-electron chi connectivity index (χ4n) is 3.79. The van der Waals surface area contributed by atoms with E-state index in [0.717, 1.165) is 23.1 Å². The van der Waals surface area contributed by atoms with Crippen LogP contribution in [0.4, 0.5) is 0 Å². The van der Waals surface area contributed by atoms with Gasteiger partial charge in [0, 0.05) is 36.8 Å². The topological polar surface area (TPSA) is 84.0 Å². The minimum absolute atomic E-state index is 0.0506. The van der Waals surface area contributed by atoms with Crippen molar-refractivity contribution in [1.29, 1.82) is 0 Å². The average Bonchev–Trinajstić information content (AvgIpc) is 2.90. The molecule has 9 heteroatoms. The molecule has 1 saturated heterocycles. The van der Waals surface area contributed by atoms with E-state index in [4.69, 9.17) is 9.47 Å². The molecule has 2 aromatic carbocycles. The number of likely N-dealkylation sites (N-methyl/N-ethyl adjacent to an activating group) is 1. The minimum Gasteiger partial charge on any atom is -0.438 e. The molecule has 3 aromatic rings. The third-order valence-corrected chi connectivity index (χ3v) is 6.39. The van der Waals surface area contributed by atoms with Crippen LogP contribution in [0, 0.1) is 0 Å². The Labute approximate surface area is 219 Å². The third kappa shape index (κ3) is 7.13. The summed E-state index contributed by atoms with van der Waals surface area (Å²) in [7, 11) is 2.03. The second-order valence-electron chi connectivity index (χ2n) is 8.57. The van der Waals surface area contributed by atoms with Gasteiger partial charge in [-0.05, 0) is 49.0 Å². The van der Waals surface area contributed by atoms with Crippen molar-refractivity contribution in [1.82, 2.24) is 20.1 Å². The Kier molecular flexibility index (Phi) is 9.05.